The summed E-state index contributed by atoms with van der Waals surface area (Å²) in [5, 5.41) is 0. The molecule has 1 aliphatic carbocycles. The third-order valence-corrected chi connectivity index (χ3v) is 2.50. The Hall–Kier alpha value is 0.0700. The fraction of sp³-hybridized carbons (Fsp3) is 1.00. The van der Waals surface area contributed by atoms with Gasteiger partial charge in [0, 0.05) is 6.04 Å². The Morgan fingerprint density at radius 1 is 1.60 bits per heavy atom. The molecule has 0 radical (unpaired) electrons. The van der Waals surface area contributed by atoms with Crippen LogP contribution in [0.1, 0.15) is 26.2 Å². The molecule has 1 saturated carbocycles. The van der Waals surface area contributed by atoms with Crippen LogP contribution in [-0.4, -0.2) is 14.8 Å². The lowest BCUT2D eigenvalue weighted by Gasteiger charge is -2.06. The van der Waals surface area contributed by atoms with Crippen LogP contribution in [0, 0.1) is 5.92 Å². The summed E-state index contributed by atoms with van der Waals surface area (Å²) in [5.41, 5.74) is 0. The van der Waals surface area contributed by atoms with Gasteiger partial charge in [-0.2, -0.15) is 0 Å². The summed E-state index contributed by atoms with van der Waals surface area (Å²) in [6.07, 6.45) is 3.24. The van der Waals surface area contributed by atoms with E-state index in [4.69, 9.17) is 4.55 Å². The van der Waals surface area contributed by atoms with E-state index in [0.717, 1.165) is 12.8 Å². The normalized spacial score (nSPS) is 36.2. The van der Waals surface area contributed by atoms with Crippen molar-refractivity contribution >= 4 is 11.3 Å². The van der Waals surface area contributed by atoms with Crippen molar-refractivity contribution in [3.63, 3.8) is 0 Å². The highest BCUT2D eigenvalue weighted by Gasteiger charge is 2.21. The van der Waals surface area contributed by atoms with Gasteiger partial charge in [-0.15, -0.1) is 0 Å². The molecule has 1 fully saturated rings. The molecule has 0 aromatic rings. The number of hydrogen-bond donors (Lipinski definition) is 2. The summed E-state index contributed by atoms with van der Waals surface area (Å²) in [4.78, 5) is 0. The average molecular weight is 163 g/mol. The summed E-state index contributed by atoms with van der Waals surface area (Å²) >= 11 is -1.82. The Bertz CT molecular complexity index is 140. The van der Waals surface area contributed by atoms with Crippen molar-refractivity contribution in [2.24, 2.45) is 5.92 Å². The third kappa shape index (κ3) is 2.36. The first-order valence-electron chi connectivity index (χ1n) is 3.55. The van der Waals surface area contributed by atoms with E-state index >= 15 is 0 Å². The van der Waals surface area contributed by atoms with Crippen molar-refractivity contribution in [1.82, 2.24) is 4.72 Å². The average Bonchev–Trinajstić information content (AvgIpc) is 2.13. The zero-order chi connectivity index (χ0) is 7.56. The van der Waals surface area contributed by atoms with E-state index in [2.05, 4.69) is 11.6 Å². The second-order valence-corrected chi connectivity index (χ2v) is 3.72. The quantitative estimate of drug-likeness (QED) is 0.594. The highest BCUT2D eigenvalue weighted by atomic mass is 32.2. The van der Waals surface area contributed by atoms with Gasteiger partial charge in [0.25, 0.3) is 0 Å². The maximum absolute atomic E-state index is 10.3. The summed E-state index contributed by atoms with van der Waals surface area (Å²) in [7, 11) is 0. The summed E-state index contributed by atoms with van der Waals surface area (Å²) < 4.78 is 21.3. The van der Waals surface area contributed by atoms with Gasteiger partial charge < -0.3 is 0 Å². The number of nitrogens with one attached hydrogen (secondary N) is 1. The van der Waals surface area contributed by atoms with Crippen LogP contribution in [0.2, 0.25) is 0 Å². The molecule has 60 valence electrons. The lowest BCUT2D eigenvalue weighted by atomic mass is 10.1. The van der Waals surface area contributed by atoms with Crippen molar-refractivity contribution in [2.75, 3.05) is 0 Å². The van der Waals surface area contributed by atoms with Gasteiger partial charge in [-0.1, -0.05) is 6.92 Å². The van der Waals surface area contributed by atoms with E-state index in [9.17, 15) is 4.21 Å². The predicted octanol–water partition coefficient (Wildman–Crippen LogP) is 0.901. The molecule has 0 aliphatic heterocycles. The first-order chi connectivity index (χ1) is 4.68. The van der Waals surface area contributed by atoms with Crippen LogP contribution in [-0.2, 0) is 11.3 Å². The minimum Gasteiger partial charge on any atom is -0.294 e. The fourth-order valence-electron chi connectivity index (χ4n) is 1.46. The topological polar surface area (TPSA) is 49.3 Å². The highest BCUT2D eigenvalue weighted by Crippen LogP contribution is 2.24. The standard InChI is InChI=1S/C6H13NO2S/c1-5-2-3-6(4-5)7-10(8)9/h5-7H,2-4H2,1H3,(H,8,9)/t5-,6-/m1/s1. The first-order valence-corrected chi connectivity index (χ1v) is 4.66. The van der Waals surface area contributed by atoms with E-state index in [1.165, 1.54) is 6.42 Å². The van der Waals surface area contributed by atoms with E-state index in [-0.39, 0.29) is 6.04 Å². The molecule has 0 aromatic carbocycles. The van der Waals surface area contributed by atoms with Crippen LogP contribution >= 0.6 is 0 Å². The minimum absolute atomic E-state index is 0.265. The second-order valence-electron chi connectivity index (χ2n) is 2.98. The zero-order valence-electron chi connectivity index (χ0n) is 6.04. The Balaban J connectivity index is 2.24. The van der Waals surface area contributed by atoms with Crippen molar-refractivity contribution in [2.45, 2.75) is 32.2 Å². The Morgan fingerprint density at radius 2 is 2.30 bits per heavy atom. The molecule has 4 heteroatoms. The summed E-state index contributed by atoms with van der Waals surface area (Å²) in [5.74, 6) is 0.709. The van der Waals surface area contributed by atoms with E-state index in [0.29, 0.717) is 5.92 Å². The van der Waals surface area contributed by atoms with Gasteiger partial charge in [-0.3, -0.25) is 4.55 Å². The largest absolute Gasteiger partial charge is 0.294 e. The van der Waals surface area contributed by atoms with Gasteiger partial charge in [-0.25, -0.2) is 8.93 Å². The summed E-state index contributed by atoms with van der Waals surface area (Å²) in [6.45, 7) is 2.17. The molecule has 0 bridgehead atoms. The number of hydrogen-bond acceptors (Lipinski definition) is 1. The van der Waals surface area contributed by atoms with Gasteiger partial charge >= 0.3 is 0 Å². The van der Waals surface area contributed by atoms with Crippen LogP contribution in [0.4, 0.5) is 0 Å². The van der Waals surface area contributed by atoms with Crippen molar-refractivity contribution < 1.29 is 8.76 Å². The zero-order valence-corrected chi connectivity index (χ0v) is 6.86. The molecule has 0 amide bonds. The molecule has 1 rings (SSSR count). The Kier molecular flexibility index (Phi) is 2.82. The molecular weight excluding hydrogens is 150 g/mol. The molecule has 0 saturated heterocycles. The lowest BCUT2D eigenvalue weighted by Crippen LogP contribution is -2.27. The SMILES string of the molecule is C[C@@H]1CC[C@@H](NS(=O)O)C1. The van der Waals surface area contributed by atoms with Crippen molar-refractivity contribution in [1.29, 1.82) is 0 Å². The van der Waals surface area contributed by atoms with Crippen molar-refractivity contribution in [3.8, 4) is 0 Å². The summed E-state index contributed by atoms with van der Waals surface area (Å²) in [6, 6.07) is 0.265. The molecule has 3 atom stereocenters. The fourth-order valence-corrected chi connectivity index (χ4v) is 1.96. The molecule has 10 heavy (non-hydrogen) atoms. The predicted molar refractivity (Wildman–Crippen MR) is 40.7 cm³/mol. The van der Waals surface area contributed by atoms with Gasteiger partial charge in [-0.05, 0) is 25.2 Å². The number of rotatable bonds is 2. The monoisotopic (exact) mass is 163 g/mol. The molecule has 0 heterocycles. The minimum atomic E-state index is -1.82. The second kappa shape index (κ2) is 3.46. The van der Waals surface area contributed by atoms with E-state index in [1.807, 2.05) is 0 Å². The van der Waals surface area contributed by atoms with Crippen LogP contribution in [0.15, 0.2) is 0 Å². The van der Waals surface area contributed by atoms with Gasteiger partial charge in [0.15, 0.2) is 0 Å². The maximum Gasteiger partial charge on any atom is 0.231 e. The van der Waals surface area contributed by atoms with Crippen LogP contribution in [0.5, 0.6) is 0 Å². The van der Waals surface area contributed by atoms with Crippen LogP contribution in [0.3, 0.4) is 0 Å². The first kappa shape index (κ1) is 8.17. The highest BCUT2D eigenvalue weighted by molar-refractivity contribution is 7.77. The molecule has 3 nitrogen and oxygen atoms in total. The molecule has 1 unspecified atom stereocenters. The third-order valence-electron chi connectivity index (χ3n) is 1.96. The smallest absolute Gasteiger partial charge is 0.231 e. The van der Waals surface area contributed by atoms with E-state index < -0.39 is 11.3 Å². The van der Waals surface area contributed by atoms with Crippen LogP contribution in [0.25, 0.3) is 0 Å². The van der Waals surface area contributed by atoms with Gasteiger partial charge in [0.1, 0.15) is 0 Å². The molecule has 1 aliphatic rings. The Labute approximate surface area is 63.6 Å². The molecule has 0 aromatic heterocycles. The maximum atomic E-state index is 10.3. The van der Waals surface area contributed by atoms with Crippen molar-refractivity contribution in [3.05, 3.63) is 0 Å². The lowest BCUT2D eigenvalue weighted by molar-refractivity contribution is 0.516. The van der Waals surface area contributed by atoms with Gasteiger partial charge in [0.2, 0.25) is 11.3 Å². The molecule has 0 spiro atoms. The van der Waals surface area contributed by atoms with Crippen LogP contribution < -0.4 is 4.72 Å². The van der Waals surface area contributed by atoms with Gasteiger partial charge in [0.05, 0.1) is 0 Å². The van der Waals surface area contributed by atoms with E-state index in [1.54, 1.807) is 0 Å². The molecule has 2 N–H and O–H groups in total. The Morgan fingerprint density at radius 3 is 2.70 bits per heavy atom. The molecular formula is C6H13NO2S.